The Morgan fingerprint density at radius 1 is 1.24 bits per heavy atom. The van der Waals surface area contributed by atoms with Gasteiger partial charge >= 0.3 is 6.36 Å². The Bertz CT molecular complexity index is 1170. The number of anilines is 1. The van der Waals surface area contributed by atoms with Crippen LogP contribution >= 0.6 is 23.6 Å². The molecule has 1 aromatic heterocycles. The van der Waals surface area contributed by atoms with Crippen molar-refractivity contribution < 1.29 is 22.7 Å². The number of thiocarbonyl (C=S) groups is 1. The third kappa shape index (κ3) is 6.57. The SMILES string of the molecule is CCN(C#N)C(=O)C(Cc1csc2ccccc12)NC(=S)Nc1ccc(OC(F)(F)F)cc1. The number of benzene rings is 2. The molecule has 0 bridgehead atoms. The highest BCUT2D eigenvalue weighted by molar-refractivity contribution is 7.80. The van der Waals surface area contributed by atoms with Crippen LogP contribution in [0.15, 0.2) is 53.9 Å². The Morgan fingerprint density at radius 2 is 1.94 bits per heavy atom. The third-order valence-corrected chi connectivity index (χ3v) is 5.87. The summed E-state index contributed by atoms with van der Waals surface area (Å²) in [6, 6.07) is 12.0. The van der Waals surface area contributed by atoms with Crippen LogP contribution in [0, 0.1) is 11.5 Å². The van der Waals surface area contributed by atoms with Gasteiger partial charge in [-0.1, -0.05) is 18.2 Å². The van der Waals surface area contributed by atoms with Crippen LogP contribution in [0.4, 0.5) is 18.9 Å². The molecule has 0 radical (unpaired) electrons. The summed E-state index contributed by atoms with van der Waals surface area (Å²) in [4.78, 5) is 14.0. The van der Waals surface area contributed by atoms with E-state index < -0.39 is 18.3 Å². The van der Waals surface area contributed by atoms with Crippen LogP contribution in [0.25, 0.3) is 10.1 Å². The molecule has 2 aromatic carbocycles. The van der Waals surface area contributed by atoms with Gasteiger partial charge in [0.05, 0.1) is 0 Å². The first-order valence-electron chi connectivity index (χ1n) is 9.79. The van der Waals surface area contributed by atoms with E-state index >= 15 is 0 Å². The zero-order valence-electron chi connectivity index (χ0n) is 17.3. The number of ether oxygens (including phenoxy) is 1. The topological polar surface area (TPSA) is 77.4 Å². The molecule has 0 aliphatic heterocycles. The summed E-state index contributed by atoms with van der Waals surface area (Å²) < 4.78 is 41.9. The van der Waals surface area contributed by atoms with Gasteiger partial charge in [-0.3, -0.25) is 4.79 Å². The van der Waals surface area contributed by atoms with Crippen LogP contribution in [-0.2, 0) is 11.2 Å². The van der Waals surface area contributed by atoms with Crippen LogP contribution in [0.1, 0.15) is 12.5 Å². The molecule has 3 aromatic rings. The zero-order valence-corrected chi connectivity index (χ0v) is 19.0. The molecule has 0 saturated carbocycles. The van der Waals surface area contributed by atoms with Gasteiger partial charge in [0, 0.05) is 23.4 Å². The number of fused-ring (bicyclic) bond motifs is 1. The van der Waals surface area contributed by atoms with E-state index in [9.17, 15) is 23.2 Å². The lowest BCUT2D eigenvalue weighted by Gasteiger charge is -2.23. The number of amides is 1. The van der Waals surface area contributed by atoms with Crippen molar-refractivity contribution in [2.75, 3.05) is 11.9 Å². The molecular weight excluding hydrogens is 473 g/mol. The maximum atomic E-state index is 13.0. The highest BCUT2D eigenvalue weighted by Crippen LogP contribution is 2.27. The Hall–Kier alpha value is -3.36. The second-order valence-electron chi connectivity index (χ2n) is 6.87. The second-order valence-corrected chi connectivity index (χ2v) is 8.19. The lowest BCUT2D eigenvalue weighted by molar-refractivity contribution is -0.274. The monoisotopic (exact) mass is 492 g/mol. The molecule has 1 unspecified atom stereocenters. The van der Waals surface area contributed by atoms with Crippen LogP contribution in [-0.4, -0.2) is 34.9 Å². The number of carbonyl (C=O) groups excluding carboxylic acids is 1. The van der Waals surface area contributed by atoms with Crippen LogP contribution in [0.2, 0.25) is 0 Å². The average Bonchev–Trinajstić information content (AvgIpc) is 3.17. The number of nitriles is 1. The molecule has 0 fully saturated rings. The van der Waals surface area contributed by atoms with Crippen LogP contribution < -0.4 is 15.4 Å². The zero-order chi connectivity index (χ0) is 24.0. The molecule has 0 aliphatic rings. The maximum absolute atomic E-state index is 13.0. The number of nitrogens with one attached hydrogen (secondary N) is 2. The van der Waals surface area contributed by atoms with Crippen molar-refractivity contribution in [1.82, 2.24) is 10.2 Å². The minimum absolute atomic E-state index is 0.0892. The van der Waals surface area contributed by atoms with Gasteiger partial charge in [0.15, 0.2) is 11.3 Å². The molecule has 33 heavy (non-hydrogen) atoms. The Labute approximate surface area is 197 Å². The van der Waals surface area contributed by atoms with Gasteiger partial charge in [-0.15, -0.1) is 24.5 Å². The lowest BCUT2D eigenvalue weighted by Crippen LogP contribution is -2.49. The number of hydrogen-bond donors (Lipinski definition) is 2. The molecule has 172 valence electrons. The third-order valence-electron chi connectivity index (χ3n) is 4.64. The molecule has 6 nitrogen and oxygen atoms in total. The predicted octanol–water partition coefficient (Wildman–Crippen LogP) is 5.03. The van der Waals surface area contributed by atoms with E-state index in [0.29, 0.717) is 12.1 Å². The molecule has 0 saturated heterocycles. The Kier molecular flexibility index (Phi) is 7.73. The molecule has 1 heterocycles. The van der Waals surface area contributed by atoms with Gasteiger partial charge in [0.25, 0.3) is 5.91 Å². The van der Waals surface area contributed by atoms with Crippen LogP contribution in [0.3, 0.4) is 0 Å². The summed E-state index contributed by atoms with van der Waals surface area (Å²) in [5.41, 5.74) is 1.34. The largest absolute Gasteiger partial charge is 0.573 e. The average molecular weight is 493 g/mol. The van der Waals surface area contributed by atoms with Crippen molar-refractivity contribution >= 4 is 50.3 Å². The molecule has 0 aliphatic carbocycles. The minimum Gasteiger partial charge on any atom is -0.406 e. The van der Waals surface area contributed by atoms with Crippen molar-refractivity contribution in [2.45, 2.75) is 25.7 Å². The number of nitrogens with zero attached hydrogens (tertiary/aromatic N) is 2. The quantitative estimate of drug-likeness (QED) is 0.274. The second kappa shape index (κ2) is 10.5. The number of halogens is 3. The van der Waals surface area contributed by atoms with Crippen molar-refractivity contribution in [2.24, 2.45) is 0 Å². The lowest BCUT2D eigenvalue weighted by atomic mass is 10.0. The van der Waals surface area contributed by atoms with Crippen molar-refractivity contribution in [3.05, 3.63) is 59.5 Å². The first kappa shape index (κ1) is 24.3. The fourth-order valence-electron chi connectivity index (χ4n) is 3.14. The predicted molar refractivity (Wildman–Crippen MR) is 125 cm³/mol. The Morgan fingerprint density at radius 3 is 2.58 bits per heavy atom. The molecule has 1 amide bonds. The molecule has 1 atom stereocenters. The first-order valence-corrected chi connectivity index (χ1v) is 11.1. The fourth-order valence-corrected chi connectivity index (χ4v) is 4.38. The van der Waals surface area contributed by atoms with E-state index in [1.165, 1.54) is 12.1 Å². The summed E-state index contributed by atoms with van der Waals surface area (Å²) in [5, 5.41) is 18.2. The molecular formula is C22H19F3N4O2S2. The highest BCUT2D eigenvalue weighted by atomic mass is 32.1. The molecule has 3 rings (SSSR count). The number of likely N-dealkylation sites (N-methyl/N-ethyl adjacent to an activating group) is 1. The van der Waals surface area contributed by atoms with E-state index in [1.807, 2.05) is 35.8 Å². The van der Waals surface area contributed by atoms with Gasteiger partial charge < -0.3 is 15.4 Å². The smallest absolute Gasteiger partial charge is 0.406 e. The van der Waals surface area contributed by atoms with Gasteiger partial charge in [-0.05, 0) is 65.8 Å². The van der Waals surface area contributed by atoms with Gasteiger partial charge in [-0.2, -0.15) is 5.26 Å². The van der Waals surface area contributed by atoms with E-state index in [-0.39, 0.29) is 17.4 Å². The summed E-state index contributed by atoms with van der Waals surface area (Å²) in [5.74, 6) is -0.801. The summed E-state index contributed by atoms with van der Waals surface area (Å²) in [6.07, 6.45) is -2.61. The van der Waals surface area contributed by atoms with Crippen molar-refractivity contribution in [1.29, 1.82) is 5.26 Å². The Balaban J connectivity index is 1.74. The van der Waals surface area contributed by atoms with Gasteiger partial charge in [0.2, 0.25) is 0 Å². The number of alkyl halides is 3. The number of thiophene rings is 1. The number of rotatable bonds is 7. The van der Waals surface area contributed by atoms with E-state index in [1.54, 1.807) is 18.3 Å². The van der Waals surface area contributed by atoms with E-state index in [2.05, 4.69) is 15.4 Å². The summed E-state index contributed by atoms with van der Waals surface area (Å²) in [7, 11) is 0. The van der Waals surface area contributed by atoms with E-state index in [4.69, 9.17) is 12.2 Å². The standard InChI is InChI=1S/C22H19F3N4O2S2/c1-2-29(13-26)20(30)18(11-14-12-33-19-6-4-3-5-17(14)19)28-21(32)27-15-7-9-16(10-8-15)31-22(23,24)25/h3-10,12,18H,2,11H2,1H3,(H2,27,28,32). The van der Waals surface area contributed by atoms with Crippen LogP contribution in [0.5, 0.6) is 5.75 Å². The normalized spacial score (nSPS) is 12.0. The van der Waals surface area contributed by atoms with Crippen molar-refractivity contribution in [3.63, 3.8) is 0 Å². The maximum Gasteiger partial charge on any atom is 0.573 e. The van der Waals surface area contributed by atoms with Crippen molar-refractivity contribution in [3.8, 4) is 11.9 Å². The summed E-state index contributed by atoms with van der Waals surface area (Å²) >= 11 is 6.87. The molecule has 11 heteroatoms. The molecule has 0 spiro atoms. The molecule has 2 N–H and O–H groups in total. The van der Waals surface area contributed by atoms with E-state index in [0.717, 1.165) is 32.7 Å². The first-order chi connectivity index (χ1) is 15.7. The van der Waals surface area contributed by atoms with Gasteiger partial charge in [0.1, 0.15) is 11.8 Å². The fraction of sp³-hybridized carbons (Fsp3) is 0.227. The number of carbonyl (C=O) groups is 1. The van der Waals surface area contributed by atoms with Gasteiger partial charge in [-0.25, -0.2) is 4.90 Å². The highest BCUT2D eigenvalue weighted by Gasteiger charge is 2.31. The number of hydrogen-bond acceptors (Lipinski definition) is 5. The minimum atomic E-state index is -4.78. The summed E-state index contributed by atoms with van der Waals surface area (Å²) in [6.45, 7) is 1.90.